The van der Waals surface area contributed by atoms with Crippen LogP contribution in [-0.2, 0) is 16.6 Å². The van der Waals surface area contributed by atoms with E-state index in [1.54, 1.807) is 41.3 Å². The highest BCUT2D eigenvalue weighted by Gasteiger charge is 2.33. The average Bonchev–Trinajstić information content (AvgIpc) is 3.64. The van der Waals surface area contributed by atoms with E-state index in [0.717, 1.165) is 18.4 Å². The summed E-state index contributed by atoms with van der Waals surface area (Å²) in [5, 5.41) is 0. The fourth-order valence-corrected chi connectivity index (χ4v) is 4.41. The number of nitrogens with one attached hydrogen (secondary N) is 1. The van der Waals surface area contributed by atoms with Crippen LogP contribution in [0.1, 0.15) is 28.8 Å². The molecule has 0 saturated heterocycles. The molecule has 1 aliphatic carbocycles. The van der Waals surface area contributed by atoms with Crippen molar-refractivity contribution in [3.63, 3.8) is 0 Å². The van der Waals surface area contributed by atoms with Crippen molar-refractivity contribution in [3.8, 4) is 5.75 Å². The second kappa shape index (κ2) is 9.00. The van der Waals surface area contributed by atoms with Gasteiger partial charge in [0, 0.05) is 23.8 Å². The summed E-state index contributed by atoms with van der Waals surface area (Å²) in [6.07, 6.45) is 1.84. The second-order valence-electron chi connectivity index (χ2n) is 7.65. The third kappa shape index (κ3) is 5.08. The Kier molecular flexibility index (Phi) is 6.14. The maximum atomic E-state index is 13.2. The van der Waals surface area contributed by atoms with E-state index in [-0.39, 0.29) is 22.7 Å². The maximum absolute atomic E-state index is 13.2. The number of hydrogen-bond donors (Lipinski definition) is 1. The SMILES string of the molecule is COc1ccc(NS(=O)(=O)c2ccc(C(=O)N(Cc3ccc(F)cc3)C3CC3)cc2)cc1. The van der Waals surface area contributed by atoms with Crippen LogP contribution in [0.3, 0.4) is 0 Å². The van der Waals surface area contributed by atoms with E-state index < -0.39 is 10.0 Å². The van der Waals surface area contributed by atoms with Gasteiger partial charge < -0.3 is 9.64 Å². The van der Waals surface area contributed by atoms with Crippen molar-refractivity contribution in [2.75, 3.05) is 11.8 Å². The van der Waals surface area contributed by atoms with Crippen LogP contribution in [0.4, 0.5) is 10.1 Å². The zero-order valence-corrected chi connectivity index (χ0v) is 18.3. The molecule has 0 aliphatic heterocycles. The van der Waals surface area contributed by atoms with Crippen LogP contribution >= 0.6 is 0 Å². The molecule has 3 aromatic rings. The standard InChI is InChI=1S/C24H23FN2O4S/c1-31-22-12-8-20(9-13-22)26-32(29,30)23-14-4-18(5-15-23)24(28)27(21-10-11-21)16-17-2-6-19(25)7-3-17/h2-9,12-15,21,26H,10-11,16H2,1H3. The lowest BCUT2D eigenvalue weighted by molar-refractivity contribution is 0.0730. The van der Waals surface area contributed by atoms with Crippen LogP contribution < -0.4 is 9.46 Å². The fourth-order valence-electron chi connectivity index (χ4n) is 3.36. The number of carbonyl (C=O) groups is 1. The van der Waals surface area contributed by atoms with Gasteiger partial charge >= 0.3 is 0 Å². The molecule has 0 aromatic heterocycles. The van der Waals surface area contributed by atoms with Gasteiger partial charge in [0.2, 0.25) is 0 Å². The van der Waals surface area contributed by atoms with E-state index in [1.807, 2.05) is 0 Å². The molecule has 0 spiro atoms. The smallest absolute Gasteiger partial charge is 0.261 e. The normalized spacial score (nSPS) is 13.4. The minimum Gasteiger partial charge on any atom is -0.497 e. The van der Waals surface area contributed by atoms with E-state index in [1.165, 1.54) is 43.5 Å². The van der Waals surface area contributed by atoms with Gasteiger partial charge in [-0.3, -0.25) is 9.52 Å². The van der Waals surface area contributed by atoms with Gasteiger partial charge in [-0.1, -0.05) is 12.1 Å². The number of halogens is 1. The first-order valence-corrected chi connectivity index (χ1v) is 11.7. The Morgan fingerprint density at radius 1 is 1.00 bits per heavy atom. The molecule has 0 unspecified atom stereocenters. The van der Waals surface area contributed by atoms with E-state index >= 15 is 0 Å². The Morgan fingerprint density at radius 2 is 1.62 bits per heavy atom. The largest absolute Gasteiger partial charge is 0.497 e. The monoisotopic (exact) mass is 454 g/mol. The zero-order chi connectivity index (χ0) is 22.7. The first kappa shape index (κ1) is 21.8. The molecule has 0 heterocycles. The van der Waals surface area contributed by atoms with Gasteiger partial charge in [0.05, 0.1) is 12.0 Å². The molecule has 1 aliphatic rings. The highest BCUT2D eigenvalue weighted by molar-refractivity contribution is 7.92. The van der Waals surface area contributed by atoms with Crippen molar-refractivity contribution in [1.82, 2.24) is 4.90 Å². The predicted molar refractivity (Wildman–Crippen MR) is 120 cm³/mol. The Morgan fingerprint density at radius 3 is 2.19 bits per heavy atom. The molecule has 4 rings (SSSR count). The molecule has 0 atom stereocenters. The van der Waals surface area contributed by atoms with E-state index in [9.17, 15) is 17.6 Å². The van der Waals surface area contributed by atoms with Gasteiger partial charge in [-0.25, -0.2) is 12.8 Å². The van der Waals surface area contributed by atoms with Crippen molar-refractivity contribution >= 4 is 21.6 Å². The molecule has 3 aromatic carbocycles. The first-order chi connectivity index (χ1) is 15.4. The Bertz CT molecular complexity index is 1190. The third-order valence-corrected chi connectivity index (χ3v) is 6.67. The number of ether oxygens (including phenoxy) is 1. The summed E-state index contributed by atoms with van der Waals surface area (Å²) < 4.78 is 46.1. The Balaban J connectivity index is 1.48. The summed E-state index contributed by atoms with van der Waals surface area (Å²) >= 11 is 0. The minimum atomic E-state index is -3.80. The summed E-state index contributed by atoms with van der Waals surface area (Å²) in [6, 6.07) is 18.6. The number of nitrogens with zero attached hydrogens (tertiary/aromatic N) is 1. The lowest BCUT2D eigenvalue weighted by atomic mass is 10.1. The van der Waals surface area contributed by atoms with Gasteiger partial charge in [0.15, 0.2) is 0 Å². The molecule has 166 valence electrons. The van der Waals surface area contributed by atoms with Crippen LogP contribution in [0.25, 0.3) is 0 Å². The predicted octanol–water partition coefficient (Wildman–Crippen LogP) is 4.44. The summed E-state index contributed by atoms with van der Waals surface area (Å²) in [5.41, 5.74) is 1.65. The van der Waals surface area contributed by atoms with Crippen LogP contribution in [0.15, 0.2) is 77.7 Å². The number of carbonyl (C=O) groups excluding carboxylic acids is 1. The van der Waals surface area contributed by atoms with Crippen LogP contribution in [0, 0.1) is 5.82 Å². The molecule has 6 nitrogen and oxygen atoms in total. The summed E-state index contributed by atoms with van der Waals surface area (Å²) in [6.45, 7) is 0.378. The number of rotatable bonds is 8. The number of hydrogen-bond acceptors (Lipinski definition) is 4. The number of amides is 1. The van der Waals surface area contributed by atoms with Gasteiger partial charge in [-0.2, -0.15) is 0 Å². The topological polar surface area (TPSA) is 75.7 Å². The van der Waals surface area contributed by atoms with Gasteiger partial charge in [-0.15, -0.1) is 0 Å². The summed E-state index contributed by atoms with van der Waals surface area (Å²) in [4.78, 5) is 14.9. The molecule has 1 N–H and O–H groups in total. The van der Waals surface area contributed by atoms with E-state index in [0.29, 0.717) is 23.5 Å². The summed E-state index contributed by atoms with van der Waals surface area (Å²) in [5.74, 6) is 0.124. The lowest BCUT2D eigenvalue weighted by Gasteiger charge is -2.23. The lowest BCUT2D eigenvalue weighted by Crippen LogP contribution is -2.32. The Labute approximate surface area is 186 Å². The highest BCUT2D eigenvalue weighted by Crippen LogP contribution is 2.30. The molecule has 1 saturated carbocycles. The van der Waals surface area contributed by atoms with Gasteiger partial charge in [0.25, 0.3) is 15.9 Å². The van der Waals surface area contributed by atoms with Crippen molar-refractivity contribution in [1.29, 1.82) is 0 Å². The van der Waals surface area contributed by atoms with Crippen LogP contribution in [0.5, 0.6) is 5.75 Å². The van der Waals surface area contributed by atoms with E-state index in [2.05, 4.69) is 4.72 Å². The van der Waals surface area contributed by atoms with Gasteiger partial charge in [0.1, 0.15) is 11.6 Å². The number of methoxy groups -OCH3 is 1. The maximum Gasteiger partial charge on any atom is 0.261 e. The molecule has 8 heteroatoms. The number of anilines is 1. The molecule has 1 amide bonds. The molecular formula is C24H23FN2O4S. The number of benzene rings is 3. The Hall–Kier alpha value is -3.39. The second-order valence-corrected chi connectivity index (χ2v) is 9.33. The van der Waals surface area contributed by atoms with E-state index in [4.69, 9.17) is 4.74 Å². The van der Waals surface area contributed by atoms with Crippen molar-refractivity contribution in [2.45, 2.75) is 30.3 Å². The zero-order valence-electron chi connectivity index (χ0n) is 17.5. The van der Waals surface area contributed by atoms with Crippen molar-refractivity contribution < 1.29 is 22.3 Å². The van der Waals surface area contributed by atoms with Crippen LogP contribution in [-0.4, -0.2) is 32.4 Å². The van der Waals surface area contributed by atoms with Crippen molar-refractivity contribution in [2.24, 2.45) is 0 Å². The molecular weight excluding hydrogens is 431 g/mol. The molecule has 1 fully saturated rings. The average molecular weight is 455 g/mol. The molecule has 0 radical (unpaired) electrons. The van der Waals surface area contributed by atoms with Crippen LogP contribution in [0.2, 0.25) is 0 Å². The highest BCUT2D eigenvalue weighted by atomic mass is 32.2. The summed E-state index contributed by atoms with van der Waals surface area (Å²) in [7, 11) is -2.27. The third-order valence-electron chi connectivity index (χ3n) is 5.27. The quantitative estimate of drug-likeness (QED) is 0.546. The fraction of sp³-hybridized carbons (Fsp3) is 0.208. The van der Waals surface area contributed by atoms with Gasteiger partial charge in [-0.05, 0) is 79.1 Å². The molecule has 0 bridgehead atoms. The first-order valence-electron chi connectivity index (χ1n) is 10.2. The minimum absolute atomic E-state index is 0.0568. The van der Waals surface area contributed by atoms with Crippen molar-refractivity contribution in [3.05, 3.63) is 89.7 Å². The number of sulfonamides is 1. The molecule has 32 heavy (non-hydrogen) atoms.